The second-order valence-corrected chi connectivity index (χ2v) is 6.74. The number of hydrogen-bond donors (Lipinski definition) is 1. The van der Waals surface area contributed by atoms with Crippen LogP contribution >= 0.6 is 0 Å². The van der Waals surface area contributed by atoms with Crippen molar-refractivity contribution in [2.75, 3.05) is 6.54 Å². The number of carbonyl (C=O) groups excluding carboxylic acids is 1. The number of nitrogens with zero attached hydrogens (tertiary/aromatic N) is 3. The minimum Gasteiger partial charge on any atom is -0.444 e. The Morgan fingerprint density at radius 2 is 2.22 bits per heavy atom. The fraction of sp³-hybridized carbons (Fsp3) is 0.471. The van der Waals surface area contributed by atoms with Crippen LogP contribution in [-0.2, 0) is 4.74 Å². The maximum absolute atomic E-state index is 12.5. The van der Waals surface area contributed by atoms with Crippen LogP contribution in [0.15, 0.2) is 30.6 Å². The minimum absolute atomic E-state index is 0.0515. The van der Waals surface area contributed by atoms with Crippen LogP contribution in [-0.4, -0.2) is 38.3 Å². The molecule has 1 aliphatic heterocycles. The molecule has 1 N–H and O–H groups in total. The predicted molar refractivity (Wildman–Crippen MR) is 86.7 cm³/mol. The van der Waals surface area contributed by atoms with E-state index >= 15 is 0 Å². The molecule has 2 aromatic heterocycles. The maximum atomic E-state index is 12.5. The molecule has 3 rings (SSSR count). The number of hydrogen-bond acceptors (Lipinski definition) is 4. The zero-order valence-corrected chi connectivity index (χ0v) is 13.7. The second-order valence-electron chi connectivity index (χ2n) is 6.74. The highest BCUT2D eigenvalue weighted by Gasteiger charge is 2.35. The Hall–Kier alpha value is -2.37. The Labute approximate surface area is 135 Å². The SMILES string of the molecule is CC(C)(C)OC(=O)N1CCC[C@@H]1c1[nH]ncc1-c1ccccn1. The van der Waals surface area contributed by atoms with Crippen molar-refractivity contribution in [3.05, 3.63) is 36.3 Å². The van der Waals surface area contributed by atoms with E-state index in [2.05, 4.69) is 15.2 Å². The summed E-state index contributed by atoms with van der Waals surface area (Å²) >= 11 is 0. The molecule has 0 bridgehead atoms. The molecule has 2 aromatic rings. The first-order valence-electron chi connectivity index (χ1n) is 7.90. The molecule has 0 spiro atoms. The highest BCUT2D eigenvalue weighted by Crippen LogP contribution is 2.36. The van der Waals surface area contributed by atoms with Gasteiger partial charge < -0.3 is 4.74 Å². The first-order valence-corrected chi connectivity index (χ1v) is 7.90. The summed E-state index contributed by atoms with van der Waals surface area (Å²) in [6, 6.07) is 5.72. The molecule has 3 heterocycles. The van der Waals surface area contributed by atoms with Gasteiger partial charge in [-0.3, -0.25) is 15.0 Å². The van der Waals surface area contributed by atoms with Gasteiger partial charge in [-0.25, -0.2) is 4.79 Å². The summed E-state index contributed by atoms with van der Waals surface area (Å²) < 4.78 is 5.53. The summed E-state index contributed by atoms with van der Waals surface area (Å²) in [5.41, 5.74) is 2.22. The molecular weight excluding hydrogens is 292 g/mol. The number of H-pyrrole nitrogens is 1. The van der Waals surface area contributed by atoms with E-state index in [9.17, 15) is 4.79 Å². The molecule has 0 aliphatic carbocycles. The molecule has 0 saturated carbocycles. The minimum atomic E-state index is -0.498. The van der Waals surface area contributed by atoms with E-state index in [1.54, 1.807) is 17.3 Å². The largest absolute Gasteiger partial charge is 0.444 e. The van der Waals surface area contributed by atoms with Crippen LogP contribution < -0.4 is 0 Å². The van der Waals surface area contributed by atoms with E-state index in [1.807, 2.05) is 39.0 Å². The standard InChI is InChI=1S/C17H22N4O2/c1-17(2,3)23-16(22)21-10-6-8-14(21)15-12(11-19-20-15)13-7-4-5-9-18-13/h4-5,7,9,11,14H,6,8,10H2,1-3H3,(H,19,20)/t14-/m1/s1. The Balaban J connectivity index is 1.87. The summed E-state index contributed by atoms with van der Waals surface area (Å²) in [6.45, 7) is 6.34. The zero-order valence-electron chi connectivity index (χ0n) is 13.7. The lowest BCUT2D eigenvalue weighted by Gasteiger charge is -2.28. The van der Waals surface area contributed by atoms with Crippen LogP contribution in [0.2, 0.25) is 0 Å². The lowest BCUT2D eigenvalue weighted by atomic mass is 10.0. The van der Waals surface area contributed by atoms with E-state index in [-0.39, 0.29) is 12.1 Å². The highest BCUT2D eigenvalue weighted by atomic mass is 16.6. The third kappa shape index (κ3) is 3.36. The van der Waals surface area contributed by atoms with Gasteiger partial charge in [-0.2, -0.15) is 5.10 Å². The monoisotopic (exact) mass is 314 g/mol. The van der Waals surface area contributed by atoms with Gasteiger partial charge in [0.1, 0.15) is 5.60 Å². The molecule has 1 amide bonds. The van der Waals surface area contributed by atoms with Gasteiger partial charge in [-0.05, 0) is 45.7 Å². The van der Waals surface area contributed by atoms with Gasteiger partial charge in [-0.15, -0.1) is 0 Å². The third-order valence-electron chi connectivity index (χ3n) is 3.82. The van der Waals surface area contributed by atoms with E-state index < -0.39 is 5.60 Å². The van der Waals surface area contributed by atoms with Crippen LogP contribution in [0, 0.1) is 0 Å². The summed E-state index contributed by atoms with van der Waals surface area (Å²) in [5, 5.41) is 7.22. The number of ether oxygens (including phenoxy) is 1. The number of carbonyl (C=O) groups is 1. The van der Waals surface area contributed by atoms with E-state index in [1.165, 1.54) is 0 Å². The van der Waals surface area contributed by atoms with Crippen LogP contribution in [0.5, 0.6) is 0 Å². The van der Waals surface area contributed by atoms with Gasteiger partial charge in [0.25, 0.3) is 0 Å². The number of aromatic amines is 1. The molecular formula is C17H22N4O2. The topological polar surface area (TPSA) is 71.1 Å². The van der Waals surface area contributed by atoms with Crippen LogP contribution in [0.4, 0.5) is 4.79 Å². The van der Waals surface area contributed by atoms with Crippen molar-refractivity contribution in [2.45, 2.75) is 45.3 Å². The number of rotatable bonds is 2. The molecule has 0 unspecified atom stereocenters. The lowest BCUT2D eigenvalue weighted by Crippen LogP contribution is -2.36. The van der Waals surface area contributed by atoms with Gasteiger partial charge in [0, 0.05) is 18.3 Å². The van der Waals surface area contributed by atoms with Crippen molar-refractivity contribution in [1.29, 1.82) is 0 Å². The summed E-state index contributed by atoms with van der Waals surface area (Å²) in [5.74, 6) is 0. The summed E-state index contributed by atoms with van der Waals surface area (Å²) in [7, 11) is 0. The van der Waals surface area contributed by atoms with Crippen molar-refractivity contribution < 1.29 is 9.53 Å². The van der Waals surface area contributed by atoms with E-state index in [0.717, 1.165) is 29.8 Å². The number of likely N-dealkylation sites (tertiary alicyclic amines) is 1. The Bertz CT molecular complexity index is 675. The molecule has 0 aromatic carbocycles. The van der Waals surface area contributed by atoms with Crippen molar-refractivity contribution in [1.82, 2.24) is 20.1 Å². The van der Waals surface area contributed by atoms with Gasteiger partial charge in [0.2, 0.25) is 0 Å². The second kappa shape index (κ2) is 6.02. The quantitative estimate of drug-likeness (QED) is 0.920. The van der Waals surface area contributed by atoms with Gasteiger partial charge >= 0.3 is 6.09 Å². The molecule has 1 saturated heterocycles. The molecule has 6 heteroatoms. The van der Waals surface area contributed by atoms with Crippen molar-refractivity contribution in [3.63, 3.8) is 0 Å². The fourth-order valence-corrected chi connectivity index (χ4v) is 2.88. The fourth-order valence-electron chi connectivity index (χ4n) is 2.88. The predicted octanol–water partition coefficient (Wildman–Crippen LogP) is 3.54. The number of amides is 1. The molecule has 1 fully saturated rings. The molecule has 1 atom stereocenters. The Kier molecular flexibility index (Phi) is 4.07. The van der Waals surface area contributed by atoms with Crippen LogP contribution in [0.25, 0.3) is 11.3 Å². The third-order valence-corrected chi connectivity index (χ3v) is 3.82. The van der Waals surface area contributed by atoms with Crippen molar-refractivity contribution in [3.8, 4) is 11.3 Å². The summed E-state index contributed by atoms with van der Waals surface area (Å²) in [6.07, 6.45) is 5.09. The average Bonchev–Trinajstić information content (AvgIpc) is 3.15. The number of aromatic nitrogens is 3. The van der Waals surface area contributed by atoms with Crippen LogP contribution in [0.1, 0.15) is 45.3 Å². The lowest BCUT2D eigenvalue weighted by molar-refractivity contribution is 0.0222. The average molecular weight is 314 g/mol. The van der Waals surface area contributed by atoms with E-state index in [4.69, 9.17) is 4.74 Å². The van der Waals surface area contributed by atoms with E-state index in [0.29, 0.717) is 6.54 Å². The molecule has 0 radical (unpaired) electrons. The Morgan fingerprint density at radius 1 is 1.39 bits per heavy atom. The first kappa shape index (κ1) is 15.5. The summed E-state index contributed by atoms with van der Waals surface area (Å²) in [4.78, 5) is 18.6. The Morgan fingerprint density at radius 3 is 2.91 bits per heavy atom. The van der Waals surface area contributed by atoms with Crippen molar-refractivity contribution in [2.24, 2.45) is 0 Å². The molecule has 122 valence electrons. The van der Waals surface area contributed by atoms with Gasteiger partial charge in [0.15, 0.2) is 0 Å². The normalized spacial score (nSPS) is 18.2. The smallest absolute Gasteiger partial charge is 0.410 e. The highest BCUT2D eigenvalue weighted by molar-refractivity contribution is 5.70. The van der Waals surface area contributed by atoms with Gasteiger partial charge in [0.05, 0.1) is 23.6 Å². The molecule has 1 aliphatic rings. The van der Waals surface area contributed by atoms with Gasteiger partial charge in [-0.1, -0.05) is 6.07 Å². The number of nitrogens with one attached hydrogen (secondary N) is 1. The maximum Gasteiger partial charge on any atom is 0.410 e. The van der Waals surface area contributed by atoms with Crippen molar-refractivity contribution >= 4 is 6.09 Å². The first-order chi connectivity index (χ1) is 11.0. The zero-order chi connectivity index (χ0) is 16.4. The van der Waals surface area contributed by atoms with Crippen LogP contribution in [0.3, 0.4) is 0 Å². The molecule has 23 heavy (non-hydrogen) atoms. The number of pyridine rings is 1. The molecule has 6 nitrogen and oxygen atoms in total.